The first-order valence-electron chi connectivity index (χ1n) is 4.79. The summed E-state index contributed by atoms with van der Waals surface area (Å²) >= 11 is 0. The van der Waals surface area contributed by atoms with Crippen LogP contribution in [0.25, 0.3) is 11.2 Å². The number of nitrogens with one attached hydrogen (secondary N) is 2. The van der Waals surface area contributed by atoms with Gasteiger partial charge in [-0.2, -0.15) is 4.98 Å². The van der Waals surface area contributed by atoms with Gasteiger partial charge in [0.05, 0.1) is 6.33 Å². The molecule has 0 aliphatic heterocycles. The van der Waals surface area contributed by atoms with E-state index in [1.54, 1.807) is 4.57 Å². The molecule has 1 atom stereocenters. The zero-order valence-corrected chi connectivity index (χ0v) is 9.95. The highest BCUT2D eigenvalue weighted by molar-refractivity contribution is 7.91. The first kappa shape index (κ1) is 11.6. The second kappa shape index (κ2) is 3.84. The summed E-state index contributed by atoms with van der Waals surface area (Å²) in [6.07, 6.45) is 2.79. The second-order valence-corrected chi connectivity index (χ2v) is 6.19. The van der Waals surface area contributed by atoms with Crippen LogP contribution in [0.2, 0.25) is 0 Å². The number of anilines is 1. The molecule has 0 saturated heterocycles. The van der Waals surface area contributed by atoms with Gasteiger partial charge in [0.1, 0.15) is 0 Å². The van der Waals surface area contributed by atoms with Crippen molar-refractivity contribution in [3.8, 4) is 0 Å². The summed E-state index contributed by atoms with van der Waals surface area (Å²) in [6, 6.07) is 0. The average Bonchev–Trinajstić information content (AvgIpc) is 2.57. The Morgan fingerprint density at radius 1 is 1.65 bits per heavy atom. The van der Waals surface area contributed by atoms with E-state index in [2.05, 4.69) is 15.0 Å². The molecule has 8 nitrogen and oxygen atoms in total. The number of nitrogen functional groups attached to an aromatic ring is 1. The molecule has 9 heteroatoms. The molecular formula is C8H12N6O2S. The first-order chi connectivity index (χ1) is 7.87. The van der Waals surface area contributed by atoms with Crippen LogP contribution in [-0.2, 0) is 16.3 Å². The van der Waals surface area contributed by atoms with Gasteiger partial charge < -0.3 is 10.3 Å². The summed E-state index contributed by atoms with van der Waals surface area (Å²) in [7, 11) is -2.58. The van der Waals surface area contributed by atoms with Gasteiger partial charge in [0.2, 0.25) is 5.95 Å². The van der Waals surface area contributed by atoms with Crippen molar-refractivity contribution in [3.63, 3.8) is 0 Å². The van der Waals surface area contributed by atoms with E-state index in [1.165, 1.54) is 12.6 Å². The number of hydrogen-bond donors (Lipinski definition) is 3. The molecule has 4 N–H and O–H groups in total. The Bertz CT molecular complexity index is 713. The highest BCUT2D eigenvalue weighted by atomic mass is 32.2. The lowest BCUT2D eigenvalue weighted by molar-refractivity contribution is 0.670. The van der Waals surface area contributed by atoms with Gasteiger partial charge in [-0.3, -0.25) is 18.8 Å². The number of aryl methyl sites for hydroxylation is 1. The minimum atomic E-state index is -2.58. The van der Waals surface area contributed by atoms with Crippen molar-refractivity contribution < 1.29 is 4.21 Å². The number of nitrogens with zero attached hydrogens (tertiary/aromatic N) is 3. The van der Waals surface area contributed by atoms with Gasteiger partial charge in [-0.15, -0.1) is 0 Å². The Labute approximate surface area is 96.9 Å². The van der Waals surface area contributed by atoms with Crippen molar-refractivity contribution in [3.05, 3.63) is 16.7 Å². The first-order valence-corrected chi connectivity index (χ1v) is 6.92. The third-order valence-corrected chi connectivity index (χ3v) is 3.18. The van der Waals surface area contributed by atoms with Crippen molar-refractivity contribution in [2.45, 2.75) is 6.54 Å². The standard InChI is InChI=1S/C8H12N6O2S/c1-17(10,16)3-2-14-4-11-5-6(14)12-8(9)13-7(5)15/h4,10H,2-3H2,1H3,(H3,9,12,13,15). The number of aromatic nitrogens is 4. The van der Waals surface area contributed by atoms with Crippen LogP contribution < -0.4 is 11.3 Å². The number of fused-ring (bicyclic) bond motifs is 1. The van der Waals surface area contributed by atoms with E-state index in [9.17, 15) is 9.00 Å². The Morgan fingerprint density at radius 2 is 2.35 bits per heavy atom. The summed E-state index contributed by atoms with van der Waals surface area (Å²) in [5, 5.41) is 0. The summed E-state index contributed by atoms with van der Waals surface area (Å²) in [5.74, 6) is 0.180. The van der Waals surface area contributed by atoms with Gasteiger partial charge in [-0.25, -0.2) is 4.98 Å². The lowest BCUT2D eigenvalue weighted by Crippen LogP contribution is -2.14. The van der Waals surface area contributed by atoms with E-state index < -0.39 is 15.3 Å². The van der Waals surface area contributed by atoms with E-state index in [-0.39, 0.29) is 17.2 Å². The average molecular weight is 256 g/mol. The molecule has 0 aromatic carbocycles. The van der Waals surface area contributed by atoms with Crippen molar-refractivity contribution in [2.24, 2.45) is 0 Å². The molecule has 0 radical (unpaired) electrons. The fourth-order valence-electron chi connectivity index (χ4n) is 1.41. The van der Waals surface area contributed by atoms with E-state index in [0.29, 0.717) is 12.2 Å². The minimum Gasteiger partial charge on any atom is -0.369 e. The molecule has 0 spiro atoms. The van der Waals surface area contributed by atoms with Crippen LogP contribution in [0.4, 0.5) is 5.95 Å². The van der Waals surface area contributed by atoms with Crippen LogP contribution in [0.3, 0.4) is 0 Å². The Morgan fingerprint density at radius 3 is 3.00 bits per heavy atom. The quantitative estimate of drug-likeness (QED) is 0.673. The van der Waals surface area contributed by atoms with Gasteiger partial charge in [0.15, 0.2) is 11.2 Å². The molecule has 0 amide bonds. The zero-order chi connectivity index (χ0) is 12.6. The molecule has 92 valence electrons. The summed E-state index contributed by atoms with van der Waals surface area (Å²) in [6.45, 7) is 0.311. The van der Waals surface area contributed by atoms with Crippen LogP contribution in [0.5, 0.6) is 0 Å². The molecule has 2 aromatic heterocycles. The normalized spacial score (nSPS) is 14.9. The highest BCUT2D eigenvalue weighted by Crippen LogP contribution is 2.06. The third-order valence-electron chi connectivity index (χ3n) is 2.21. The Balaban J connectivity index is 2.46. The smallest absolute Gasteiger partial charge is 0.280 e. The van der Waals surface area contributed by atoms with E-state index in [1.807, 2.05) is 0 Å². The molecule has 17 heavy (non-hydrogen) atoms. The van der Waals surface area contributed by atoms with Gasteiger partial charge in [-0.05, 0) is 0 Å². The third kappa shape index (κ3) is 2.44. The van der Waals surface area contributed by atoms with Crippen LogP contribution in [0.1, 0.15) is 0 Å². The van der Waals surface area contributed by atoms with Crippen molar-refractivity contribution in [1.29, 1.82) is 4.78 Å². The van der Waals surface area contributed by atoms with Gasteiger partial charge in [0.25, 0.3) is 5.56 Å². The van der Waals surface area contributed by atoms with Gasteiger partial charge in [0, 0.05) is 28.3 Å². The van der Waals surface area contributed by atoms with E-state index in [0.717, 1.165) is 0 Å². The molecular weight excluding hydrogens is 244 g/mol. The monoisotopic (exact) mass is 256 g/mol. The maximum absolute atomic E-state index is 11.5. The Kier molecular flexibility index (Phi) is 2.62. The lowest BCUT2D eigenvalue weighted by Gasteiger charge is -2.03. The van der Waals surface area contributed by atoms with E-state index >= 15 is 0 Å². The second-order valence-electron chi connectivity index (χ2n) is 3.77. The number of aromatic amines is 1. The number of nitrogens with two attached hydrogens (primary N) is 1. The molecule has 0 bridgehead atoms. The predicted molar refractivity (Wildman–Crippen MR) is 64.2 cm³/mol. The number of H-pyrrole nitrogens is 1. The lowest BCUT2D eigenvalue weighted by atomic mass is 10.5. The fraction of sp³-hybridized carbons (Fsp3) is 0.375. The molecule has 2 heterocycles. The highest BCUT2D eigenvalue weighted by Gasteiger charge is 2.09. The van der Waals surface area contributed by atoms with Gasteiger partial charge >= 0.3 is 0 Å². The minimum absolute atomic E-state index is 0.00681. The zero-order valence-electron chi connectivity index (χ0n) is 9.14. The molecule has 0 aliphatic rings. The number of imidazole rings is 1. The molecule has 0 saturated carbocycles. The molecule has 0 aliphatic carbocycles. The maximum Gasteiger partial charge on any atom is 0.280 e. The maximum atomic E-state index is 11.5. The Hall–Kier alpha value is -1.90. The SMILES string of the molecule is CS(=N)(=O)CCn1cnc2c(=O)[nH]c(N)nc21. The predicted octanol–water partition coefficient (Wildman–Crippen LogP) is -0.622. The van der Waals surface area contributed by atoms with Crippen molar-refractivity contribution in [1.82, 2.24) is 19.5 Å². The fourth-order valence-corrected chi connectivity index (χ4v) is 1.95. The topological polar surface area (TPSA) is 131 Å². The van der Waals surface area contributed by atoms with Crippen molar-refractivity contribution in [2.75, 3.05) is 17.7 Å². The molecule has 2 aromatic rings. The summed E-state index contributed by atoms with van der Waals surface area (Å²) in [5.41, 5.74) is 5.55. The van der Waals surface area contributed by atoms with Gasteiger partial charge in [-0.1, -0.05) is 0 Å². The molecule has 1 unspecified atom stereocenters. The number of hydrogen-bond acceptors (Lipinski definition) is 6. The van der Waals surface area contributed by atoms with E-state index in [4.69, 9.17) is 10.5 Å². The van der Waals surface area contributed by atoms with Crippen LogP contribution in [0, 0.1) is 4.78 Å². The summed E-state index contributed by atoms with van der Waals surface area (Å²) < 4.78 is 20.1. The van der Waals surface area contributed by atoms with Crippen LogP contribution in [0.15, 0.2) is 11.1 Å². The molecule has 0 fully saturated rings. The van der Waals surface area contributed by atoms with Crippen LogP contribution >= 0.6 is 0 Å². The summed E-state index contributed by atoms with van der Waals surface area (Å²) in [4.78, 5) is 21.7. The number of rotatable bonds is 3. The van der Waals surface area contributed by atoms with Crippen LogP contribution in [-0.4, -0.2) is 35.7 Å². The molecule has 2 rings (SSSR count). The van der Waals surface area contributed by atoms with Crippen molar-refractivity contribution >= 4 is 26.8 Å². The largest absolute Gasteiger partial charge is 0.369 e.